The Morgan fingerprint density at radius 3 is 2.95 bits per heavy atom. The van der Waals surface area contributed by atoms with Gasteiger partial charge in [0.2, 0.25) is 0 Å². The number of hydrogen-bond donors (Lipinski definition) is 3. The van der Waals surface area contributed by atoms with Gasteiger partial charge in [-0.15, -0.1) is 0 Å². The molecule has 0 aliphatic rings. The maximum absolute atomic E-state index is 9.53. The first-order valence-corrected chi connectivity index (χ1v) is 6.42. The van der Waals surface area contributed by atoms with Gasteiger partial charge in [0.1, 0.15) is 17.8 Å². The Morgan fingerprint density at radius 1 is 1.20 bits per heavy atom. The van der Waals surface area contributed by atoms with Gasteiger partial charge >= 0.3 is 0 Å². The van der Waals surface area contributed by atoms with Crippen molar-refractivity contribution in [2.75, 3.05) is 11.9 Å². The average Bonchev–Trinajstić information content (AvgIpc) is 2.97. The fraction of sp³-hybridized carbons (Fsp3) is 0.214. The molecule has 0 bridgehead atoms. The second-order valence-electron chi connectivity index (χ2n) is 4.51. The molecule has 3 aromatic heterocycles. The van der Waals surface area contributed by atoms with Crippen molar-refractivity contribution in [2.45, 2.75) is 12.5 Å². The number of rotatable bonds is 5. The van der Waals surface area contributed by atoms with E-state index in [1.54, 1.807) is 6.20 Å². The van der Waals surface area contributed by atoms with Crippen molar-refractivity contribution in [3.63, 3.8) is 0 Å². The second-order valence-corrected chi connectivity index (χ2v) is 4.51. The highest BCUT2D eigenvalue weighted by Crippen LogP contribution is 2.18. The number of aromatic amines is 1. The first-order valence-electron chi connectivity index (χ1n) is 6.42. The van der Waals surface area contributed by atoms with Crippen molar-refractivity contribution in [3.8, 4) is 0 Å². The van der Waals surface area contributed by atoms with Crippen LogP contribution < -0.4 is 5.32 Å². The average molecular weight is 269 g/mol. The Balaban J connectivity index is 1.79. The molecular formula is C14H15N5O. The van der Waals surface area contributed by atoms with E-state index in [-0.39, 0.29) is 12.6 Å². The predicted octanol–water partition coefficient (Wildman–Crippen LogP) is 1.37. The van der Waals surface area contributed by atoms with Crippen molar-refractivity contribution in [2.24, 2.45) is 0 Å². The van der Waals surface area contributed by atoms with Gasteiger partial charge in [-0.2, -0.15) is 0 Å². The second kappa shape index (κ2) is 5.66. The van der Waals surface area contributed by atoms with Gasteiger partial charge in [0, 0.05) is 24.5 Å². The van der Waals surface area contributed by atoms with E-state index in [2.05, 4.69) is 25.3 Å². The van der Waals surface area contributed by atoms with Crippen molar-refractivity contribution in [3.05, 3.63) is 48.7 Å². The molecule has 0 amide bonds. The summed E-state index contributed by atoms with van der Waals surface area (Å²) in [6.07, 6.45) is 5.69. The predicted molar refractivity (Wildman–Crippen MR) is 76.3 cm³/mol. The molecule has 0 fully saturated rings. The van der Waals surface area contributed by atoms with Gasteiger partial charge in [-0.1, -0.05) is 6.07 Å². The molecule has 1 atom stereocenters. The van der Waals surface area contributed by atoms with E-state index < -0.39 is 0 Å². The maximum Gasteiger partial charge on any atom is 0.142 e. The summed E-state index contributed by atoms with van der Waals surface area (Å²) in [5.74, 6) is 0.714. The van der Waals surface area contributed by atoms with Crippen LogP contribution >= 0.6 is 0 Å². The molecule has 0 unspecified atom stereocenters. The largest absolute Gasteiger partial charge is 0.394 e. The van der Waals surface area contributed by atoms with Crippen LogP contribution in [0.1, 0.15) is 5.69 Å². The van der Waals surface area contributed by atoms with E-state index >= 15 is 0 Å². The van der Waals surface area contributed by atoms with Crippen molar-refractivity contribution < 1.29 is 5.11 Å². The van der Waals surface area contributed by atoms with Gasteiger partial charge in [-0.25, -0.2) is 9.97 Å². The van der Waals surface area contributed by atoms with Crippen LogP contribution in [0, 0.1) is 0 Å². The Hall–Kier alpha value is -2.47. The van der Waals surface area contributed by atoms with Crippen LogP contribution in [0.2, 0.25) is 0 Å². The molecule has 102 valence electrons. The first-order chi connectivity index (χ1) is 9.86. The molecule has 0 aromatic carbocycles. The van der Waals surface area contributed by atoms with Crippen LogP contribution in [0.3, 0.4) is 0 Å². The maximum atomic E-state index is 9.53. The molecule has 3 heterocycles. The Morgan fingerprint density at radius 2 is 2.15 bits per heavy atom. The fourth-order valence-corrected chi connectivity index (χ4v) is 2.11. The summed E-state index contributed by atoms with van der Waals surface area (Å²) in [6.45, 7) is 0.00644. The van der Waals surface area contributed by atoms with Crippen LogP contribution in [0.5, 0.6) is 0 Å². The SMILES string of the molecule is OC[C@@H](Cc1ccccn1)Nc1ncnc2[nH]ccc12. The van der Waals surface area contributed by atoms with Gasteiger partial charge < -0.3 is 15.4 Å². The Labute approximate surface area is 115 Å². The van der Waals surface area contributed by atoms with Gasteiger partial charge in [0.25, 0.3) is 0 Å². The number of H-pyrrole nitrogens is 1. The number of nitrogens with one attached hydrogen (secondary N) is 2. The summed E-state index contributed by atoms with van der Waals surface area (Å²) in [5.41, 5.74) is 1.70. The first kappa shape index (κ1) is 12.6. The molecule has 3 aromatic rings. The van der Waals surface area contributed by atoms with Crippen LogP contribution in [-0.4, -0.2) is 37.7 Å². The van der Waals surface area contributed by atoms with E-state index in [4.69, 9.17) is 0 Å². The Bertz CT molecular complexity index is 682. The van der Waals surface area contributed by atoms with Gasteiger partial charge in [-0.05, 0) is 18.2 Å². The summed E-state index contributed by atoms with van der Waals surface area (Å²) >= 11 is 0. The number of anilines is 1. The van der Waals surface area contributed by atoms with E-state index in [1.807, 2.05) is 30.5 Å². The number of aliphatic hydroxyl groups excluding tert-OH is 1. The molecule has 20 heavy (non-hydrogen) atoms. The molecule has 3 N–H and O–H groups in total. The lowest BCUT2D eigenvalue weighted by Crippen LogP contribution is -2.27. The number of fused-ring (bicyclic) bond motifs is 1. The zero-order chi connectivity index (χ0) is 13.8. The zero-order valence-corrected chi connectivity index (χ0v) is 10.8. The van der Waals surface area contributed by atoms with Crippen LogP contribution in [0.25, 0.3) is 11.0 Å². The number of aliphatic hydroxyl groups is 1. The van der Waals surface area contributed by atoms with Crippen molar-refractivity contribution in [1.29, 1.82) is 0 Å². The number of pyridine rings is 1. The molecule has 3 rings (SSSR count). The minimum Gasteiger partial charge on any atom is -0.394 e. The summed E-state index contributed by atoms with van der Waals surface area (Å²) < 4.78 is 0. The van der Waals surface area contributed by atoms with E-state index in [9.17, 15) is 5.11 Å². The highest BCUT2D eigenvalue weighted by Gasteiger charge is 2.12. The molecular weight excluding hydrogens is 254 g/mol. The highest BCUT2D eigenvalue weighted by atomic mass is 16.3. The third-order valence-corrected chi connectivity index (χ3v) is 3.10. The molecule has 0 aliphatic carbocycles. The molecule has 6 heteroatoms. The van der Waals surface area contributed by atoms with Crippen LogP contribution in [0.15, 0.2) is 43.0 Å². The lowest BCUT2D eigenvalue weighted by molar-refractivity contribution is 0.273. The van der Waals surface area contributed by atoms with Crippen LogP contribution in [0.4, 0.5) is 5.82 Å². The van der Waals surface area contributed by atoms with E-state index in [0.717, 1.165) is 16.7 Å². The monoisotopic (exact) mass is 269 g/mol. The summed E-state index contributed by atoms with van der Waals surface area (Å²) in [6, 6.07) is 7.52. The molecule has 0 aliphatic heterocycles. The van der Waals surface area contributed by atoms with Crippen molar-refractivity contribution in [1.82, 2.24) is 19.9 Å². The number of aromatic nitrogens is 4. The highest BCUT2D eigenvalue weighted by molar-refractivity contribution is 5.86. The lowest BCUT2D eigenvalue weighted by atomic mass is 10.1. The van der Waals surface area contributed by atoms with Gasteiger partial charge in [0.05, 0.1) is 18.0 Å². The fourth-order valence-electron chi connectivity index (χ4n) is 2.11. The minimum atomic E-state index is -0.141. The molecule has 6 nitrogen and oxygen atoms in total. The number of hydrogen-bond acceptors (Lipinski definition) is 5. The standard InChI is InChI=1S/C14H15N5O/c20-8-11(7-10-3-1-2-5-15-10)19-14-12-4-6-16-13(12)17-9-18-14/h1-6,9,11,20H,7-8H2,(H2,16,17,18,19)/t11-/m1/s1. The van der Waals surface area contributed by atoms with E-state index in [1.165, 1.54) is 6.33 Å². The summed E-state index contributed by atoms with van der Waals surface area (Å²) in [5, 5.41) is 13.7. The smallest absolute Gasteiger partial charge is 0.142 e. The number of nitrogens with zero attached hydrogens (tertiary/aromatic N) is 3. The van der Waals surface area contributed by atoms with E-state index in [0.29, 0.717) is 12.2 Å². The van der Waals surface area contributed by atoms with Gasteiger partial charge in [-0.3, -0.25) is 4.98 Å². The molecule has 0 saturated heterocycles. The van der Waals surface area contributed by atoms with Crippen LogP contribution in [-0.2, 0) is 6.42 Å². The third kappa shape index (κ3) is 2.60. The Kier molecular flexibility index (Phi) is 3.56. The summed E-state index contributed by atoms with van der Waals surface area (Å²) in [7, 11) is 0. The quantitative estimate of drug-likeness (QED) is 0.651. The van der Waals surface area contributed by atoms with Gasteiger partial charge in [0.15, 0.2) is 0 Å². The molecule has 0 saturated carbocycles. The molecule has 0 radical (unpaired) electrons. The topological polar surface area (TPSA) is 86.7 Å². The molecule has 0 spiro atoms. The normalized spacial score (nSPS) is 12.4. The summed E-state index contributed by atoms with van der Waals surface area (Å²) in [4.78, 5) is 15.7. The third-order valence-electron chi connectivity index (χ3n) is 3.10. The zero-order valence-electron chi connectivity index (χ0n) is 10.8. The lowest BCUT2D eigenvalue weighted by Gasteiger charge is -2.16. The minimum absolute atomic E-state index is 0.00644. The van der Waals surface area contributed by atoms with Crippen molar-refractivity contribution >= 4 is 16.9 Å².